The molecule has 1 saturated carbocycles. The number of hydrogen-bond acceptors (Lipinski definition) is 6. The van der Waals surface area contributed by atoms with Crippen molar-refractivity contribution in [3.05, 3.63) is 54.0 Å². The molecule has 1 N–H and O–H groups in total. The first-order valence-corrected chi connectivity index (χ1v) is 15.5. The lowest BCUT2D eigenvalue weighted by Gasteiger charge is -2.40. The maximum atomic E-state index is 13.7. The predicted octanol–water partition coefficient (Wildman–Crippen LogP) is 4.51. The third-order valence-corrected chi connectivity index (χ3v) is 9.39. The van der Waals surface area contributed by atoms with Gasteiger partial charge in [0.15, 0.2) is 5.82 Å². The SMILES string of the molecule is CCCN(CCC)S(=O)(=O)N[C@H]1CCN(c2cccnn2)C[C@H]1COC1CCC(c2cccc(F)c2)CC1. The summed E-state index contributed by atoms with van der Waals surface area (Å²) in [5.41, 5.74) is 1.06. The minimum Gasteiger partial charge on any atom is -0.378 e. The van der Waals surface area contributed by atoms with Gasteiger partial charge in [0.2, 0.25) is 0 Å². The number of anilines is 1. The van der Waals surface area contributed by atoms with Crippen LogP contribution in [0.15, 0.2) is 42.6 Å². The zero-order valence-electron chi connectivity index (χ0n) is 22.6. The topological polar surface area (TPSA) is 87.7 Å². The summed E-state index contributed by atoms with van der Waals surface area (Å²) >= 11 is 0. The van der Waals surface area contributed by atoms with Gasteiger partial charge in [0.1, 0.15) is 5.82 Å². The largest absolute Gasteiger partial charge is 0.378 e. The van der Waals surface area contributed by atoms with Crippen molar-refractivity contribution in [3.8, 4) is 0 Å². The monoisotopic (exact) mass is 547 g/mol. The lowest BCUT2D eigenvalue weighted by Crippen LogP contribution is -2.55. The van der Waals surface area contributed by atoms with E-state index in [-0.39, 0.29) is 23.9 Å². The summed E-state index contributed by atoms with van der Waals surface area (Å²) in [5, 5.41) is 8.29. The van der Waals surface area contributed by atoms with E-state index >= 15 is 0 Å². The number of piperidine rings is 1. The summed E-state index contributed by atoms with van der Waals surface area (Å²) in [5.74, 6) is 0.949. The Hall–Kier alpha value is -2.14. The molecular weight excluding hydrogens is 505 g/mol. The molecule has 38 heavy (non-hydrogen) atoms. The van der Waals surface area contributed by atoms with Gasteiger partial charge >= 0.3 is 0 Å². The molecule has 0 bridgehead atoms. The van der Waals surface area contributed by atoms with E-state index in [0.29, 0.717) is 45.1 Å². The van der Waals surface area contributed by atoms with Crippen molar-refractivity contribution in [2.75, 3.05) is 37.7 Å². The molecule has 2 fully saturated rings. The Morgan fingerprint density at radius 1 is 1.08 bits per heavy atom. The van der Waals surface area contributed by atoms with Crippen molar-refractivity contribution >= 4 is 16.0 Å². The van der Waals surface area contributed by atoms with Gasteiger partial charge in [0.25, 0.3) is 10.2 Å². The van der Waals surface area contributed by atoms with Crippen LogP contribution in [0.2, 0.25) is 0 Å². The molecule has 2 heterocycles. The van der Waals surface area contributed by atoms with Crippen molar-refractivity contribution in [1.82, 2.24) is 19.2 Å². The standard InChI is InChI=1S/C28H42FN5O3S/c1-3-16-34(17-4-2)38(35,36)32-27-14-18-33(28-9-6-15-30-31-28)20-24(27)21-37-26-12-10-22(11-13-26)23-7-5-8-25(29)19-23/h5-9,15,19,22,24,26-27,32H,3-4,10-14,16-18,20-21H2,1-2H3/t22?,24-,26?,27-/m0/s1. The van der Waals surface area contributed by atoms with Gasteiger partial charge in [-0.15, -0.1) is 5.10 Å². The second-order valence-electron chi connectivity index (χ2n) is 10.6. The van der Waals surface area contributed by atoms with E-state index in [1.165, 1.54) is 6.07 Å². The first kappa shape index (κ1) is 28.9. The summed E-state index contributed by atoms with van der Waals surface area (Å²) in [6.45, 7) is 6.83. The number of ether oxygens (including phenoxy) is 1. The van der Waals surface area contributed by atoms with E-state index in [9.17, 15) is 12.8 Å². The lowest BCUT2D eigenvalue weighted by atomic mass is 9.82. The van der Waals surface area contributed by atoms with Gasteiger partial charge in [0.05, 0.1) is 12.7 Å². The molecule has 2 aliphatic rings. The van der Waals surface area contributed by atoms with Crippen LogP contribution >= 0.6 is 0 Å². The number of hydrogen-bond donors (Lipinski definition) is 1. The number of nitrogens with one attached hydrogen (secondary N) is 1. The molecule has 0 amide bonds. The number of rotatable bonds is 12. The van der Waals surface area contributed by atoms with Gasteiger partial charge in [-0.1, -0.05) is 26.0 Å². The minimum atomic E-state index is -3.60. The van der Waals surface area contributed by atoms with Crippen molar-refractivity contribution in [2.24, 2.45) is 5.92 Å². The highest BCUT2D eigenvalue weighted by Gasteiger charge is 2.35. The van der Waals surface area contributed by atoms with E-state index in [0.717, 1.165) is 49.9 Å². The number of halogens is 1. The summed E-state index contributed by atoms with van der Waals surface area (Å²) in [4.78, 5) is 2.17. The average Bonchev–Trinajstić information content (AvgIpc) is 2.93. The highest BCUT2D eigenvalue weighted by Crippen LogP contribution is 2.35. The summed E-state index contributed by atoms with van der Waals surface area (Å²) in [6, 6.07) is 10.5. The highest BCUT2D eigenvalue weighted by atomic mass is 32.2. The molecule has 1 aromatic carbocycles. The van der Waals surface area contributed by atoms with Gasteiger partial charge in [-0.05, 0) is 80.7 Å². The Labute approximate surface area is 227 Å². The molecule has 1 saturated heterocycles. The van der Waals surface area contributed by atoms with Crippen LogP contribution in [0.5, 0.6) is 0 Å². The Morgan fingerprint density at radius 3 is 2.50 bits per heavy atom. The number of aromatic nitrogens is 2. The molecule has 4 rings (SSSR count). The van der Waals surface area contributed by atoms with Crippen LogP contribution in [0.25, 0.3) is 0 Å². The second kappa shape index (κ2) is 13.8. The van der Waals surface area contributed by atoms with Crippen molar-refractivity contribution in [3.63, 3.8) is 0 Å². The normalized spacial score (nSPS) is 24.6. The Kier molecular flexibility index (Phi) is 10.5. The van der Waals surface area contributed by atoms with Crippen LogP contribution in [0.3, 0.4) is 0 Å². The third-order valence-electron chi connectivity index (χ3n) is 7.74. The minimum absolute atomic E-state index is 0.0217. The number of benzene rings is 1. The molecule has 2 atom stereocenters. The Bertz CT molecular complexity index is 1090. The van der Waals surface area contributed by atoms with Crippen LogP contribution in [0.4, 0.5) is 10.2 Å². The van der Waals surface area contributed by atoms with Crippen molar-refractivity contribution in [1.29, 1.82) is 0 Å². The van der Waals surface area contributed by atoms with Gasteiger partial charge in [-0.2, -0.15) is 22.5 Å². The average molecular weight is 548 g/mol. The van der Waals surface area contributed by atoms with Gasteiger partial charge in [-0.3, -0.25) is 0 Å². The molecule has 0 spiro atoms. The summed E-state index contributed by atoms with van der Waals surface area (Å²) in [6.07, 6.45) is 7.75. The Balaban J connectivity index is 1.40. The summed E-state index contributed by atoms with van der Waals surface area (Å²) < 4.78 is 51.3. The molecule has 1 aliphatic carbocycles. The maximum Gasteiger partial charge on any atom is 0.279 e. The zero-order chi connectivity index (χ0) is 27.0. The molecule has 0 unspecified atom stereocenters. The maximum absolute atomic E-state index is 13.7. The summed E-state index contributed by atoms with van der Waals surface area (Å²) in [7, 11) is -3.60. The van der Waals surface area contributed by atoms with Gasteiger partial charge < -0.3 is 9.64 Å². The van der Waals surface area contributed by atoms with E-state index < -0.39 is 10.2 Å². The number of nitrogens with zero attached hydrogens (tertiary/aromatic N) is 4. The first-order valence-electron chi connectivity index (χ1n) is 14.1. The molecule has 2 aromatic rings. The second-order valence-corrected chi connectivity index (χ2v) is 12.3. The molecular formula is C28H42FN5O3S. The molecule has 0 radical (unpaired) electrons. The Morgan fingerprint density at radius 2 is 1.84 bits per heavy atom. The van der Waals surface area contributed by atoms with E-state index in [4.69, 9.17) is 4.74 Å². The molecule has 10 heteroatoms. The van der Waals surface area contributed by atoms with Gasteiger partial charge in [0, 0.05) is 44.3 Å². The molecule has 210 valence electrons. The fourth-order valence-corrected chi connectivity index (χ4v) is 7.41. The van der Waals surface area contributed by atoms with Crippen LogP contribution in [-0.2, 0) is 14.9 Å². The van der Waals surface area contributed by atoms with Crippen LogP contribution in [0.1, 0.15) is 70.3 Å². The van der Waals surface area contributed by atoms with Crippen LogP contribution in [-0.4, -0.2) is 67.9 Å². The van der Waals surface area contributed by atoms with E-state index in [1.807, 2.05) is 32.0 Å². The zero-order valence-corrected chi connectivity index (χ0v) is 23.5. The van der Waals surface area contributed by atoms with E-state index in [2.05, 4.69) is 19.8 Å². The smallest absolute Gasteiger partial charge is 0.279 e. The quantitative estimate of drug-likeness (QED) is 0.421. The third kappa shape index (κ3) is 7.71. The fraction of sp³-hybridized carbons (Fsp3) is 0.643. The van der Waals surface area contributed by atoms with Crippen molar-refractivity contribution in [2.45, 2.75) is 76.9 Å². The first-order chi connectivity index (χ1) is 18.4. The van der Waals surface area contributed by atoms with Crippen LogP contribution in [0, 0.1) is 11.7 Å². The molecule has 8 nitrogen and oxygen atoms in total. The fourth-order valence-electron chi connectivity index (χ4n) is 5.73. The highest BCUT2D eigenvalue weighted by molar-refractivity contribution is 7.87. The molecule has 1 aliphatic heterocycles. The van der Waals surface area contributed by atoms with Gasteiger partial charge in [-0.25, -0.2) is 4.39 Å². The predicted molar refractivity (Wildman–Crippen MR) is 148 cm³/mol. The van der Waals surface area contributed by atoms with Crippen LogP contribution < -0.4 is 9.62 Å². The van der Waals surface area contributed by atoms with Crippen molar-refractivity contribution < 1.29 is 17.5 Å². The lowest BCUT2D eigenvalue weighted by molar-refractivity contribution is -0.00227. The van der Waals surface area contributed by atoms with E-state index in [1.54, 1.807) is 22.6 Å². The molecule has 1 aromatic heterocycles.